The minimum Gasteiger partial charge on any atom is -0.390 e. The molecule has 0 aliphatic rings. The van der Waals surface area contributed by atoms with E-state index in [-0.39, 0.29) is 17.6 Å². The number of carbonyl (C=O) groups excluding carboxylic acids is 2. The Bertz CT molecular complexity index is 397. The fourth-order valence-electron chi connectivity index (χ4n) is 2.44. The second-order valence-electron chi connectivity index (χ2n) is 7.19. The first-order valence-corrected chi connectivity index (χ1v) is 8.91. The quantitative estimate of drug-likeness (QED) is 0.419. The van der Waals surface area contributed by atoms with Crippen LogP contribution in [0.3, 0.4) is 0 Å². The highest BCUT2D eigenvalue weighted by atomic mass is 16.3. The maximum atomic E-state index is 12.2. The summed E-state index contributed by atoms with van der Waals surface area (Å²) in [5.41, 5.74) is -0.522. The standard InChI is InChI=1S/C19H35NO3/c1-6-7-8-9-10-12-19(5,23)13-11-17(20-16(4)21)18(22)14-15(2)3/h11,15,23H,6-10,12-14H2,1-5H3,(H,20,21)/b17-11+. The van der Waals surface area contributed by atoms with Crippen LogP contribution in [0.2, 0.25) is 0 Å². The Labute approximate surface area is 141 Å². The number of unbranched alkanes of at least 4 members (excludes halogenated alkanes) is 4. The first-order chi connectivity index (χ1) is 10.7. The number of hydrogen-bond donors (Lipinski definition) is 2. The number of amides is 1. The zero-order chi connectivity index (χ0) is 17.9. The van der Waals surface area contributed by atoms with Gasteiger partial charge >= 0.3 is 0 Å². The zero-order valence-electron chi connectivity index (χ0n) is 15.6. The smallest absolute Gasteiger partial charge is 0.221 e. The van der Waals surface area contributed by atoms with Crippen molar-refractivity contribution in [2.24, 2.45) is 5.92 Å². The highest BCUT2D eigenvalue weighted by Gasteiger charge is 2.20. The fraction of sp³-hybridized carbons (Fsp3) is 0.789. The highest BCUT2D eigenvalue weighted by Crippen LogP contribution is 2.21. The number of ketones is 1. The largest absolute Gasteiger partial charge is 0.390 e. The van der Waals surface area contributed by atoms with E-state index in [1.807, 2.05) is 13.8 Å². The molecule has 0 saturated heterocycles. The van der Waals surface area contributed by atoms with Crippen LogP contribution in [0, 0.1) is 5.92 Å². The van der Waals surface area contributed by atoms with E-state index < -0.39 is 5.60 Å². The summed E-state index contributed by atoms with van der Waals surface area (Å²) in [4.78, 5) is 23.4. The van der Waals surface area contributed by atoms with Crippen molar-refractivity contribution in [3.05, 3.63) is 11.8 Å². The van der Waals surface area contributed by atoms with Gasteiger partial charge in [0.2, 0.25) is 5.91 Å². The molecule has 0 aromatic heterocycles. The summed E-state index contributed by atoms with van der Waals surface area (Å²) in [6.07, 6.45) is 8.90. The van der Waals surface area contributed by atoms with Crippen molar-refractivity contribution in [1.29, 1.82) is 0 Å². The van der Waals surface area contributed by atoms with Crippen molar-refractivity contribution in [3.63, 3.8) is 0 Å². The number of aliphatic hydroxyl groups is 1. The van der Waals surface area contributed by atoms with E-state index >= 15 is 0 Å². The van der Waals surface area contributed by atoms with Crippen LogP contribution in [-0.2, 0) is 9.59 Å². The molecule has 0 bridgehead atoms. The van der Waals surface area contributed by atoms with Gasteiger partial charge in [-0.2, -0.15) is 0 Å². The first-order valence-electron chi connectivity index (χ1n) is 8.91. The maximum absolute atomic E-state index is 12.2. The van der Waals surface area contributed by atoms with Crippen molar-refractivity contribution in [2.75, 3.05) is 0 Å². The van der Waals surface area contributed by atoms with Crippen LogP contribution in [0.5, 0.6) is 0 Å². The van der Waals surface area contributed by atoms with Crippen molar-refractivity contribution in [3.8, 4) is 0 Å². The molecule has 2 N–H and O–H groups in total. The molecule has 23 heavy (non-hydrogen) atoms. The second kappa shape index (κ2) is 11.4. The number of rotatable bonds is 12. The van der Waals surface area contributed by atoms with Crippen LogP contribution in [0.4, 0.5) is 0 Å². The molecule has 0 aromatic rings. The number of carbonyl (C=O) groups is 2. The van der Waals surface area contributed by atoms with E-state index in [2.05, 4.69) is 12.2 Å². The van der Waals surface area contributed by atoms with Crippen LogP contribution >= 0.6 is 0 Å². The van der Waals surface area contributed by atoms with Crippen LogP contribution in [0.15, 0.2) is 11.8 Å². The molecule has 0 heterocycles. The average Bonchev–Trinajstić information content (AvgIpc) is 2.42. The van der Waals surface area contributed by atoms with Gasteiger partial charge in [-0.3, -0.25) is 9.59 Å². The van der Waals surface area contributed by atoms with Gasteiger partial charge in [0, 0.05) is 13.3 Å². The SMILES string of the molecule is CCCCCCCC(C)(O)C/C=C(/NC(C)=O)C(=O)CC(C)C. The van der Waals surface area contributed by atoms with Crippen LogP contribution < -0.4 is 5.32 Å². The van der Waals surface area contributed by atoms with Crippen LogP contribution in [-0.4, -0.2) is 22.4 Å². The maximum Gasteiger partial charge on any atom is 0.221 e. The molecule has 0 radical (unpaired) electrons. The molecule has 0 fully saturated rings. The molecule has 0 aliphatic heterocycles. The molecule has 0 aromatic carbocycles. The fourth-order valence-corrected chi connectivity index (χ4v) is 2.44. The summed E-state index contributed by atoms with van der Waals surface area (Å²) in [6.45, 7) is 9.30. The predicted octanol–water partition coefficient (Wildman–Crippen LogP) is 4.12. The summed E-state index contributed by atoms with van der Waals surface area (Å²) < 4.78 is 0. The molecule has 1 atom stereocenters. The van der Waals surface area contributed by atoms with Crippen molar-refractivity contribution >= 4 is 11.7 Å². The van der Waals surface area contributed by atoms with Gasteiger partial charge in [0.1, 0.15) is 0 Å². The molecular weight excluding hydrogens is 290 g/mol. The van der Waals surface area contributed by atoms with Gasteiger partial charge in [-0.05, 0) is 25.7 Å². The Hall–Kier alpha value is -1.16. The molecule has 0 rings (SSSR count). The second-order valence-corrected chi connectivity index (χ2v) is 7.19. The van der Waals surface area contributed by atoms with Gasteiger partial charge in [-0.1, -0.05) is 59.0 Å². The summed E-state index contributed by atoms with van der Waals surface area (Å²) in [5.74, 6) is -0.0970. The van der Waals surface area contributed by atoms with Crippen molar-refractivity contribution in [2.45, 2.75) is 91.6 Å². The summed E-state index contributed by atoms with van der Waals surface area (Å²) in [6, 6.07) is 0. The third-order valence-corrected chi connectivity index (χ3v) is 3.77. The monoisotopic (exact) mass is 325 g/mol. The molecular formula is C19H35NO3. The summed E-state index contributed by atoms with van der Waals surface area (Å²) >= 11 is 0. The van der Waals surface area contributed by atoms with E-state index in [0.717, 1.165) is 12.8 Å². The van der Waals surface area contributed by atoms with Gasteiger partial charge < -0.3 is 10.4 Å². The highest BCUT2D eigenvalue weighted by molar-refractivity contribution is 5.98. The van der Waals surface area contributed by atoms with Crippen LogP contribution in [0.25, 0.3) is 0 Å². The van der Waals surface area contributed by atoms with Crippen molar-refractivity contribution in [1.82, 2.24) is 5.32 Å². The molecule has 0 aliphatic carbocycles. The normalized spacial score (nSPS) is 14.7. The molecule has 0 saturated carbocycles. The Morgan fingerprint density at radius 1 is 1.17 bits per heavy atom. The molecule has 0 spiro atoms. The van der Waals surface area contributed by atoms with E-state index in [9.17, 15) is 14.7 Å². The Balaban J connectivity index is 4.59. The third-order valence-electron chi connectivity index (χ3n) is 3.77. The van der Waals surface area contributed by atoms with Gasteiger partial charge in [-0.25, -0.2) is 0 Å². The average molecular weight is 325 g/mol. The van der Waals surface area contributed by atoms with E-state index in [1.54, 1.807) is 13.0 Å². The van der Waals surface area contributed by atoms with E-state index in [4.69, 9.17) is 0 Å². The summed E-state index contributed by atoms with van der Waals surface area (Å²) in [5, 5.41) is 13.1. The molecule has 1 unspecified atom stereocenters. The lowest BCUT2D eigenvalue weighted by molar-refractivity contribution is -0.122. The lowest BCUT2D eigenvalue weighted by Crippen LogP contribution is -2.28. The Kier molecular flexibility index (Phi) is 10.8. The number of allylic oxidation sites excluding steroid dienone is 1. The predicted molar refractivity (Wildman–Crippen MR) is 95.0 cm³/mol. The topological polar surface area (TPSA) is 66.4 Å². The Morgan fingerprint density at radius 2 is 1.78 bits per heavy atom. The third kappa shape index (κ3) is 12.0. The van der Waals surface area contributed by atoms with E-state index in [1.165, 1.54) is 26.2 Å². The lowest BCUT2D eigenvalue weighted by Gasteiger charge is -2.22. The molecule has 4 heteroatoms. The minimum absolute atomic E-state index is 0.0751. The molecule has 134 valence electrons. The first kappa shape index (κ1) is 21.8. The lowest BCUT2D eigenvalue weighted by atomic mass is 9.93. The minimum atomic E-state index is -0.839. The van der Waals surface area contributed by atoms with Crippen molar-refractivity contribution < 1.29 is 14.7 Å². The molecule has 1 amide bonds. The Morgan fingerprint density at radius 3 is 2.30 bits per heavy atom. The van der Waals surface area contributed by atoms with Crippen LogP contribution in [0.1, 0.15) is 86.0 Å². The van der Waals surface area contributed by atoms with E-state index in [0.29, 0.717) is 25.0 Å². The number of nitrogens with one attached hydrogen (secondary N) is 1. The summed E-state index contributed by atoms with van der Waals surface area (Å²) in [7, 11) is 0. The van der Waals surface area contributed by atoms with Gasteiger partial charge in [-0.15, -0.1) is 0 Å². The van der Waals surface area contributed by atoms with Gasteiger partial charge in [0.15, 0.2) is 5.78 Å². The molecule has 4 nitrogen and oxygen atoms in total. The number of Topliss-reactive ketones (excluding diaryl/α,β-unsaturated/α-hetero) is 1. The zero-order valence-corrected chi connectivity index (χ0v) is 15.6. The van der Waals surface area contributed by atoms with Gasteiger partial charge in [0.25, 0.3) is 0 Å². The van der Waals surface area contributed by atoms with Gasteiger partial charge in [0.05, 0.1) is 11.3 Å². The number of hydrogen-bond acceptors (Lipinski definition) is 3.